The summed E-state index contributed by atoms with van der Waals surface area (Å²) in [4.78, 5) is 20.4. The largest absolute Gasteiger partial charge is 0.390 e. The molecule has 7 heteroatoms. The first kappa shape index (κ1) is 17.3. The first-order valence-corrected chi connectivity index (χ1v) is 9.22. The zero-order valence-corrected chi connectivity index (χ0v) is 15.4. The topological polar surface area (TPSA) is 68.6 Å². The third kappa shape index (κ3) is 3.56. The average molecular weight is 354 g/mol. The van der Waals surface area contributed by atoms with E-state index in [1.807, 2.05) is 25.1 Å². The Kier molecular flexibility index (Phi) is 4.84. The van der Waals surface area contributed by atoms with E-state index in [1.165, 1.54) is 0 Å². The Morgan fingerprint density at radius 1 is 1.12 bits per heavy atom. The molecule has 0 spiro atoms. The number of anilines is 1. The van der Waals surface area contributed by atoms with Crippen molar-refractivity contribution in [2.75, 3.05) is 51.2 Å². The van der Waals surface area contributed by atoms with Crippen LogP contribution in [0.4, 0.5) is 5.82 Å². The predicted molar refractivity (Wildman–Crippen MR) is 101 cm³/mol. The second-order valence-corrected chi connectivity index (χ2v) is 7.31. The maximum atomic E-state index is 10.6. The van der Waals surface area contributed by atoms with Gasteiger partial charge in [-0.2, -0.15) is 0 Å². The minimum Gasteiger partial charge on any atom is -0.390 e. The highest BCUT2D eigenvalue weighted by atomic mass is 16.3. The van der Waals surface area contributed by atoms with Gasteiger partial charge in [-0.1, -0.05) is 0 Å². The Balaban J connectivity index is 1.54. The molecular weight excluding hydrogens is 328 g/mol. The van der Waals surface area contributed by atoms with E-state index in [2.05, 4.69) is 31.7 Å². The first-order valence-electron chi connectivity index (χ1n) is 9.22. The third-order valence-corrected chi connectivity index (χ3v) is 5.35. The monoisotopic (exact) mass is 354 g/mol. The number of rotatable bonds is 3. The predicted octanol–water partition coefficient (Wildman–Crippen LogP) is 0.644. The van der Waals surface area contributed by atoms with E-state index >= 15 is 0 Å². The molecule has 2 aliphatic heterocycles. The van der Waals surface area contributed by atoms with Crippen LogP contribution in [0.25, 0.3) is 11.4 Å². The van der Waals surface area contributed by atoms with E-state index in [0.717, 1.165) is 49.8 Å². The van der Waals surface area contributed by atoms with Gasteiger partial charge in [0.05, 0.1) is 12.1 Å². The third-order valence-electron chi connectivity index (χ3n) is 5.35. The fourth-order valence-electron chi connectivity index (χ4n) is 3.81. The second-order valence-electron chi connectivity index (χ2n) is 7.31. The fraction of sp³-hybridized carbons (Fsp3) is 0.526. The molecule has 2 aliphatic rings. The summed E-state index contributed by atoms with van der Waals surface area (Å²) in [5.74, 6) is 1.57. The SMILES string of the molecule is Cc1cc(N2C[C@H](O)[C@@H](N3CCN(C)CC3)C2)nc(-c2cccnc2)n1. The number of aromatic nitrogens is 3. The lowest BCUT2D eigenvalue weighted by atomic mass is 10.1. The van der Waals surface area contributed by atoms with Crippen molar-refractivity contribution in [2.45, 2.75) is 19.1 Å². The first-order chi connectivity index (χ1) is 12.6. The number of nitrogens with zero attached hydrogens (tertiary/aromatic N) is 6. The van der Waals surface area contributed by atoms with Crippen LogP contribution in [-0.4, -0.2) is 88.3 Å². The van der Waals surface area contributed by atoms with Gasteiger partial charge in [-0.25, -0.2) is 9.97 Å². The van der Waals surface area contributed by atoms with E-state index in [4.69, 9.17) is 4.98 Å². The number of aryl methyl sites for hydroxylation is 1. The van der Waals surface area contributed by atoms with Crippen LogP contribution in [0.3, 0.4) is 0 Å². The lowest BCUT2D eigenvalue weighted by molar-refractivity contribution is 0.0512. The maximum Gasteiger partial charge on any atom is 0.163 e. The molecule has 0 radical (unpaired) electrons. The van der Waals surface area contributed by atoms with E-state index in [9.17, 15) is 5.11 Å². The van der Waals surface area contributed by atoms with Crippen molar-refractivity contribution in [1.82, 2.24) is 24.8 Å². The van der Waals surface area contributed by atoms with Crippen LogP contribution < -0.4 is 4.90 Å². The quantitative estimate of drug-likeness (QED) is 0.868. The van der Waals surface area contributed by atoms with Gasteiger partial charge < -0.3 is 14.9 Å². The Labute approximate surface area is 154 Å². The van der Waals surface area contributed by atoms with Crippen LogP contribution >= 0.6 is 0 Å². The standard InChI is InChI=1S/C19H26N6O/c1-14-10-18(22-19(21-14)15-4-3-5-20-11-15)25-12-16(17(26)13-25)24-8-6-23(2)7-9-24/h3-5,10-11,16-17,26H,6-9,12-13H2,1-2H3/t16-,17-/m0/s1. The lowest BCUT2D eigenvalue weighted by Gasteiger charge is -2.37. The van der Waals surface area contributed by atoms with Crippen LogP contribution in [0, 0.1) is 6.92 Å². The summed E-state index contributed by atoms with van der Waals surface area (Å²) in [6.07, 6.45) is 3.18. The van der Waals surface area contributed by atoms with Crippen molar-refractivity contribution in [3.05, 3.63) is 36.3 Å². The van der Waals surface area contributed by atoms with Gasteiger partial charge in [0, 0.05) is 69.0 Å². The molecule has 4 rings (SSSR count). The Bertz CT molecular complexity index is 747. The molecule has 0 unspecified atom stereocenters. The molecule has 2 aromatic heterocycles. The van der Waals surface area contributed by atoms with Gasteiger partial charge in [0.15, 0.2) is 5.82 Å². The van der Waals surface area contributed by atoms with Gasteiger partial charge in [-0.15, -0.1) is 0 Å². The summed E-state index contributed by atoms with van der Waals surface area (Å²) in [5.41, 5.74) is 1.83. The number of aliphatic hydroxyl groups excluding tert-OH is 1. The Morgan fingerprint density at radius 3 is 2.65 bits per heavy atom. The number of hydrogen-bond acceptors (Lipinski definition) is 7. The van der Waals surface area contributed by atoms with Crippen LogP contribution in [0.5, 0.6) is 0 Å². The summed E-state index contributed by atoms with van der Waals surface area (Å²) in [5, 5.41) is 10.6. The number of β-amino-alcohol motifs (C(OH)–C–C–N with tert-alkyl or cyclic N) is 1. The van der Waals surface area contributed by atoms with E-state index in [-0.39, 0.29) is 12.1 Å². The minimum atomic E-state index is -0.351. The van der Waals surface area contributed by atoms with E-state index in [1.54, 1.807) is 12.4 Å². The molecule has 7 nitrogen and oxygen atoms in total. The molecule has 0 aromatic carbocycles. The molecule has 138 valence electrons. The summed E-state index contributed by atoms with van der Waals surface area (Å²) in [6, 6.07) is 6.03. The van der Waals surface area contributed by atoms with E-state index < -0.39 is 0 Å². The van der Waals surface area contributed by atoms with Crippen molar-refractivity contribution in [1.29, 1.82) is 0 Å². The number of aliphatic hydroxyl groups is 1. The van der Waals surface area contributed by atoms with Gasteiger partial charge in [0.1, 0.15) is 5.82 Å². The molecule has 2 saturated heterocycles. The zero-order valence-electron chi connectivity index (χ0n) is 15.4. The molecule has 0 saturated carbocycles. The molecule has 0 aliphatic carbocycles. The van der Waals surface area contributed by atoms with Gasteiger partial charge in [-0.05, 0) is 26.1 Å². The normalized spacial score (nSPS) is 25.0. The van der Waals surface area contributed by atoms with Crippen LogP contribution in [0.2, 0.25) is 0 Å². The van der Waals surface area contributed by atoms with Gasteiger partial charge >= 0.3 is 0 Å². The van der Waals surface area contributed by atoms with Crippen LogP contribution in [0.1, 0.15) is 5.69 Å². The maximum absolute atomic E-state index is 10.6. The molecule has 0 amide bonds. The highest BCUT2D eigenvalue weighted by molar-refractivity contribution is 5.57. The summed E-state index contributed by atoms with van der Waals surface area (Å²) in [6.45, 7) is 7.52. The molecule has 26 heavy (non-hydrogen) atoms. The van der Waals surface area contributed by atoms with Crippen LogP contribution in [0.15, 0.2) is 30.6 Å². The molecule has 2 fully saturated rings. The highest BCUT2D eigenvalue weighted by Crippen LogP contribution is 2.25. The lowest BCUT2D eigenvalue weighted by Crippen LogP contribution is -2.52. The summed E-state index contributed by atoms with van der Waals surface area (Å²) in [7, 11) is 2.15. The zero-order chi connectivity index (χ0) is 18.1. The van der Waals surface area contributed by atoms with Gasteiger partial charge in [0.25, 0.3) is 0 Å². The van der Waals surface area contributed by atoms with Crippen molar-refractivity contribution < 1.29 is 5.11 Å². The minimum absolute atomic E-state index is 0.167. The number of likely N-dealkylation sites (N-methyl/N-ethyl adjacent to an activating group) is 1. The molecule has 1 N–H and O–H groups in total. The number of pyridine rings is 1. The highest BCUT2D eigenvalue weighted by Gasteiger charge is 2.37. The summed E-state index contributed by atoms with van der Waals surface area (Å²) >= 11 is 0. The van der Waals surface area contributed by atoms with E-state index in [0.29, 0.717) is 12.4 Å². The van der Waals surface area contributed by atoms with Crippen molar-refractivity contribution >= 4 is 5.82 Å². The molecule has 4 heterocycles. The van der Waals surface area contributed by atoms with Crippen LogP contribution in [-0.2, 0) is 0 Å². The number of piperazine rings is 1. The van der Waals surface area contributed by atoms with Crippen molar-refractivity contribution in [3.63, 3.8) is 0 Å². The van der Waals surface area contributed by atoms with Gasteiger partial charge in [0.2, 0.25) is 0 Å². The molecule has 2 aromatic rings. The number of hydrogen-bond donors (Lipinski definition) is 1. The smallest absolute Gasteiger partial charge is 0.163 e. The second kappa shape index (κ2) is 7.26. The van der Waals surface area contributed by atoms with Crippen molar-refractivity contribution in [3.8, 4) is 11.4 Å². The molecular formula is C19H26N6O. The van der Waals surface area contributed by atoms with Gasteiger partial charge in [-0.3, -0.25) is 9.88 Å². The molecule has 0 bridgehead atoms. The fourth-order valence-corrected chi connectivity index (χ4v) is 3.81. The average Bonchev–Trinajstić information content (AvgIpc) is 3.04. The molecule has 2 atom stereocenters. The van der Waals surface area contributed by atoms with Crippen molar-refractivity contribution in [2.24, 2.45) is 0 Å². The Morgan fingerprint density at radius 2 is 1.92 bits per heavy atom. The Hall–Kier alpha value is -2.09. The summed E-state index contributed by atoms with van der Waals surface area (Å²) < 4.78 is 0.